The summed E-state index contributed by atoms with van der Waals surface area (Å²) in [6.45, 7) is 4.24. The SMILES string of the molecule is Cc1ccnc([Se]Cc2cc(I)ncc2C)c1. The molecule has 0 aliphatic heterocycles. The van der Waals surface area contributed by atoms with Crippen LogP contribution < -0.4 is 4.59 Å². The normalized spacial score (nSPS) is 10.5. The summed E-state index contributed by atoms with van der Waals surface area (Å²) in [5, 5.41) is 1.09. The van der Waals surface area contributed by atoms with Gasteiger partial charge in [0, 0.05) is 0 Å². The van der Waals surface area contributed by atoms with Crippen LogP contribution in [-0.4, -0.2) is 24.9 Å². The summed E-state index contributed by atoms with van der Waals surface area (Å²) in [5.74, 6) is 0. The van der Waals surface area contributed by atoms with Crippen LogP contribution in [-0.2, 0) is 5.32 Å². The molecule has 2 aromatic rings. The van der Waals surface area contributed by atoms with Crippen LogP contribution in [0.4, 0.5) is 0 Å². The van der Waals surface area contributed by atoms with Gasteiger partial charge in [0.15, 0.2) is 0 Å². The Kier molecular flexibility index (Phi) is 4.54. The third kappa shape index (κ3) is 3.76. The Morgan fingerprint density at radius 1 is 1.24 bits per heavy atom. The molecule has 17 heavy (non-hydrogen) atoms. The number of halogens is 1. The number of aryl methyl sites for hydroxylation is 2. The number of aromatic nitrogens is 2. The molecule has 0 saturated carbocycles. The average molecular weight is 403 g/mol. The molecular formula is C13H13IN2Se. The van der Waals surface area contributed by atoms with Crippen molar-refractivity contribution < 1.29 is 0 Å². The van der Waals surface area contributed by atoms with Crippen molar-refractivity contribution in [3.8, 4) is 0 Å². The van der Waals surface area contributed by atoms with Crippen LogP contribution in [0.2, 0.25) is 0 Å². The molecule has 0 aromatic carbocycles. The Labute approximate surface area is 122 Å². The summed E-state index contributed by atoms with van der Waals surface area (Å²) in [7, 11) is 0. The number of pyridine rings is 2. The van der Waals surface area contributed by atoms with E-state index in [0.717, 1.165) is 9.02 Å². The van der Waals surface area contributed by atoms with Crippen LogP contribution in [0, 0.1) is 17.5 Å². The Morgan fingerprint density at radius 2 is 2.06 bits per heavy atom. The van der Waals surface area contributed by atoms with Gasteiger partial charge in [-0.15, -0.1) is 0 Å². The van der Waals surface area contributed by atoms with E-state index >= 15 is 0 Å². The molecule has 2 rings (SSSR count). The van der Waals surface area contributed by atoms with Crippen LogP contribution in [0.3, 0.4) is 0 Å². The van der Waals surface area contributed by atoms with E-state index in [2.05, 4.69) is 58.5 Å². The molecular weight excluding hydrogens is 390 g/mol. The van der Waals surface area contributed by atoms with Crippen molar-refractivity contribution in [1.29, 1.82) is 0 Å². The third-order valence-electron chi connectivity index (χ3n) is 2.45. The summed E-state index contributed by atoms with van der Waals surface area (Å²) in [4.78, 5) is 8.70. The molecule has 2 heterocycles. The summed E-state index contributed by atoms with van der Waals surface area (Å²) >= 11 is 2.67. The van der Waals surface area contributed by atoms with Crippen molar-refractivity contribution >= 4 is 42.1 Å². The number of nitrogens with zero attached hydrogens (tertiary/aromatic N) is 2. The standard InChI is InChI=1S/C13H13IN2Se/c1-9-3-4-15-13(5-9)17-8-11-6-12(14)16-7-10(11)2/h3-7H,8H2,1-2H3. The molecule has 0 spiro atoms. The molecule has 0 saturated heterocycles. The number of hydrogen-bond acceptors (Lipinski definition) is 2. The van der Waals surface area contributed by atoms with Gasteiger partial charge in [-0.2, -0.15) is 0 Å². The quantitative estimate of drug-likeness (QED) is 0.447. The zero-order valence-corrected chi connectivity index (χ0v) is 13.6. The fourth-order valence-electron chi connectivity index (χ4n) is 1.43. The van der Waals surface area contributed by atoms with Crippen LogP contribution in [0.25, 0.3) is 0 Å². The minimum absolute atomic E-state index is 0.404. The van der Waals surface area contributed by atoms with Gasteiger partial charge in [-0.25, -0.2) is 0 Å². The van der Waals surface area contributed by atoms with E-state index in [-0.39, 0.29) is 0 Å². The molecule has 0 bridgehead atoms. The van der Waals surface area contributed by atoms with E-state index < -0.39 is 0 Å². The molecule has 0 unspecified atom stereocenters. The fraction of sp³-hybridized carbons (Fsp3) is 0.231. The molecule has 0 atom stereocenters. The van der Waals surface area contributed by atoms with Gasteiger partial charge in [0.1, 0.15) is 0 Å². The molecule has 2 nitrogen and oxygen atoms in total. The zero-order chi connectivity index (χ0) is 12.3. The van der Waals surface area contributed by atoms with Crippen LogP contribution in [0.15, 0.2) is 30.6 Å². The number of rotatable bonds is 3. The van der Waals surface area contributed by atoms with Crippen molar-refractivity contribution in [3.05, 3.63) is 51.0 Å². The van der Waals surface area contributed by atoms with Gasteiger partial charge < -0.3 is 0 Å². The van der Waals surface area contributed by atoms with E-state index in [4.69, 9.17) is 0 Å². The van der Waals surface area contributed by atoms with E-state index in [1.54, 1.807) is 0 Å². The molecule has 0 N–H and O–H groups in total. The fourth-order valence-corrected chi connectivity index (χ4v) is 4.08. The van der Waals surface area contributed by atoms with Crippen LogP contribution in [0.1, 0.15) is 16.7 Å². The zero-order valence-electron chi connectivity index (χ0n) is 9.77. The van der Waals surface area contributed by atoms with Crippen LogP contribution in [0.5, 0.6) is 0 Å². The second-order valence-electron chi connectivity index (χ2n) is 3.89. The minimum atomic E-state index is 0.404. The van der Waals surface area contributed by atoms with Crippen molar-refractivity contribution in [3.63, 3.8) is 0 Å². The number of hydrogen-bond donors (Lipinski definition) is 0. The second kappa shape index (κ2) is 5.94. The summed E-state index contributed by atoms with van der Waals surface area (Å²) in [5.41, 5.74) is 3.96. The maximum absolute atomic E-state index is 4.42. The van der Waals surface area contributed by atoms with Gasteiger partial charge >= 0.3 is 122 Å². The molecule has 2 aromatic heterocycles. The van der Waals surface area contributed by atoms with E-state index in [1.165, 1.54) is 21.3 Å². The third-order valence-corrected chi connectivity index (χ3v) is 5.08. The topological polar surface area (TPSA) is 25.8 Å². The maximum atomic E-state index is 4.42. The van der Waals surface area contributed by atoms with Gasteiger partial charge in [0.2, 0.25) is 0 Å². The molecule has 0 radical (unpaired) electrons. The predicted molar refractivity (Wildman–Crippen MR) is 79.8 cm³/mol. The van der Waals surface area contributed by atoms with E-state index in [1.807, 2.05) is 18.5 Å². The molecule has 88 valence electrons. The molecule has 4 heteroatoms. The predicted octanol–water partition coefficient (Wildman–Crippen LogP) is 2.23. The Hall–Kier alpha value is -0.451. The van der Waals surface area contributed by atoms with Gasteiger partial charge in [-0.05, 0) is 0 Å². The first-order chi connectivity index (χ1) is 8.15. The molecule has 0 aliphatic carbocycles. The van der Waals surface area contributed by atoms with Crippen molar-refractivity contribution in [2.75, 3.05) is 0 Å². The molecule has 0 aliphatic rings. The Balaban J connectivity index is 2.09. The van der Waals surface area contributed by atoms with Crippen molar-refractivity contribution in [2.24, 2.45) is 0 Å². The molecule has 0 amide bonds. The Morgan fingerprint density at radius 3 is 2.82 bits per heavy atom. The van der Waals surface area contributed by atoms with Gasteiger partial charge in [-0.3, -0.25) is 0 Å². The summed E-state index contributed by atoms with van der Waals surface area (Å²) in [6, 6.07) is 6.40. The van der Waals surface area contributed by atoms with Crippen molar-refractivity contribution in [2.45, 2.75) is 19.2 Å². The van der Waals surface area contributed by atoms with E-state index in [0.29, 0.717) is 15.0 Å². The first-order valence-corrected chi connectivity index (χ1v) is 8.46. The Bertz CT molecular complexity index is 529. The molecule has 0 fully saturated rings. The first kappa shape index (κ1) is 13.0. The van der Waals surface area contributed by atoms with E-state index in [9.17, 15) is 0 Å². The van der Waals surface area contributed by atoms with Gasteiger partial charge in [-0.1, -0.05) is 0 Å². The monoisotopic (exact) mass is 404 g/mol. The van der Waals surface area contributed by atoms with Crippen molar-refractivity contribution in [1.82, 2.24) is 9.97 Å². The first-order valence-electron chi connectivity index (χ1n) is 5.31. The summed E-state index contributed by atoms with van der Waals surface area (Å²) < 4.78 is 2.29. The average Bonchev–Trinajstić information content (AvgIpc) is 2.30. The summed E-state index contributed by atoms with van der Waals surface area (Å²) in [6.07, 6.45) is 3.85. The second-order valence-corrected chi connectivity index (χ2v) is 7.09. The van der Waals surface area contributed by atoms with Crippen LogP contribution >= 0.6 is 22.6 Å². The van der Waals surface area contributed by atoms with Gasteiger partial charge in [0.25, 0.3) is 0 Å². The van der Waals surface area contributed by atoms with Gasteiger partial charge in [0.05, 0.1) is 0 Å².